The van der Waals surface area contributed by atoms with E-state index in [4.69, 9.17) is 0 Å². The highest BCUT2D eigenvalue weighted by Crippen LogP contribution is 2.27. The van der Waals surface area contributed by atoms with Gasteiger partial charge in [-0.1, -0.05) is 6.07 Å². The Bertz CT molecular complexity index is 740. The van der Waals surface area contributed by atoms with Crippen LogP contribution < -0.4 is 10.6 Å². The van der Waals surface area contributed by atoms with Crippen molar-refractivity contribution in [2.75, 3.05) is 10.6 Å². The Hall–Kier alpha value is -2.30. The highest BCUT2D eigenvalue weighted by Gasteiger charge is 2.19. The van der Waals surface area contributed by atoms with E-state index < -0.39 is 0 Å². The van der Waals surface area contributed by atoms with E-state index in [0.717, 1.165) is 22.6 Å². The number of nitrogens with one attached hydrogen (secondary N) is 2. The lowest BCUT2D eigenvalue weighted by Crippen LogP contribution is -2.22. The van der Waals surface area contributed by atoms with Gasteiger partial charge in [-0.15, -0.1) is 0 Å². The Labute approximate surface area is 144 Å². The fourth-order valence-electron chi connectivity index (χ4n) is 2.61. The summed E-state index contributed by atoms with van der Waals surface area (Å²) >= 11 is 0. The van der Waals surface area contributed by atoms with Crippen LogP contribution in [-0.4, -0.2) is 15.7 Å². The lowest BCUT2D eigenvalue weighted by atomic mass is 10.1. The molecule has 130 valence electrons. The van der Waals surface area contributed by atoms with Crippen LogP contribution in [0.5, 0.6) is 0 Å². The van der Waals surface area contributed by atoms with E-state index in [1.165, 1.54) is 12.5 Å². The van der Waals surface area contributed by atoms with Crippen LogP contribution in [0, 0.1) is 13.8 Å². The summed E-state index contributed by atoms with van der Waals surface area (Å²) in [7, 11) is 0. The zero-order valence-electron chi connectivity index (χ0n) is 15.7. The molecule has 0 aliphatic carbocycles. The van der Waals surface area contributed by atoms with Crippen LogP contribution in [0.15, 0.2) is 24.4 Å². The first-order chi connectivity index (χ1) is 11.1. The quantitative estimate of drug-likeness (QED) is 0.875. The number of amides is 1. The fraction of sp³-hybridized carbons (Fsp3) is 0.474. The van der Waals surface area contributed by atoms with E-state index >= 15 is 0 Å². The molecule has 0 saturated heterocycles. The van der Waals surface area contributed by atoms with E-state index in [9.17, 15) is 4.79 Å². The third-order valence-electron chi connectivity index (χ3n) is 4.02. The van der Waals surface area contributed by atoms with Crippen molar-refractivity contribution in [3.05, 3.63) is 41.2 Å². The van der Waals surface area contributed by atoms with Gasteiger partial charge in [0.05, 0.1) is 17.3 Å². The molecule has 1 amide bonds. The molecule has 1 heterocycles. The molecule has 0 aliphatic rings. The highest BCUT2D eigenvalue weighted by molar-refractivity contribution is 5.90. The lowest BCUT2D eigenvalue weighted by Gasteiger charge is -2.19. The Morgan fingerprint density at radius 1 is 1.25 bits per heavy atom. The Morgan fingerprint density at radius 3 is 2.46 bits per heavy atom. The summed E-state index contributed by atoms with van der Waals surface area (Å²) < 4.78 is 2.01. The molecule has 2 N–H and O–H groups in total. The number of aryl methyl sites for hydroxylation is 2. The zero-order valence-corrected chi connectivity index (χ0v) is 15.7. The average molecular weight is 328 g/mol. The number of hydrogen-bond acceptors (Lipinski definition) is 3. The molecule has 1 aromatic heterocycles. The minimum atomic E-state index is -0.0643. The second kappa shape index (κ2) is 6.67. The van der Waals surface area contributed by atoms with E-state index in [2.05, 4.69) is 49.6 Å². The van der Waals surface area contributed by atoms with Gasteiger partial charge in [0.1, 0.15) is 0 Å². The van der Waals surface area contributed by atoms with E-state index in [1.54, 1.807) is 0 Å². The van der Waals surface area contributed by atoms with Crippen LogP contribution in [0.25, 0.3) is 0 Å². The van der Waals surface area contributed by atoms with Gasteiger partial charge in [-0.25, -0.2) is 0 Å². The van der Waals surface area contributed by atoms with Gasteiger partial charge in [0.15, 0.2) is 0 Å². The molecule has 5 nitrogen and oxygen atoms in total. The maximum atomic E-state index is 11.3. The SMILES string of the molecule is CC(=O)Nc1cc(NC(C)c2cn(C(C)(C)C)nc2C)ccc1C. The predicted molar refractivity (Wildman–Crippen MR) is 99.5 cm³/mol. The maximum absolute atomic E-state index is 11.3. The predicted octanol–water partition coefficient (Wildman–Crippen LogP) is 4.39. The van der Waals surface area contributed by atoms with Crippen LogP contribution in [0.3, 0.4) is 0 Å². The third-order valence-corrected chi connectivity index (χ3v) is 4.02. The highest BCUT2D eigenvalue weighted by atomic mass is 16.1. The number of benzene rings is 1. The summed E-state index contributed by atoms with van der Waals surface area (Å²) in [6.45, 7) is 14.1. The fourth-order valence-corrected chi connectivity index (χ4v) is 2.61. The molecule has 1 unspecified atom stereocenters. The normalized spacial score (nSPS) is 12.8. The maximum Gasteiger partial charge on any atom is 0.221 e. The molecule has 2 rings (SSSR count). The first-order valence-electron chi connectivity index (χ1n) is 8.29. The van der Waals surface area contributed by atoms with Crippen molar-refractivity contribution in [1.29, 1.82) is 0 Å². The molecule has 1 atom stereocenters. The van der Waals surface area contributed by atoms with Crippen LogP contribution >= 0.6 is 0 Å². The lowest BCUT2D eigenvalue weighted by molar-refractivity contribution is -0.114. The minimum Gasteiger partial charge on any atom is -0.378 e. The standard InChI is InChI=1S/C19H28N4O/c1-12-8-9-16(10-18(12)21-15(4)24)20-13(2)17-11-23(19(5,6)7)22-14(17)3/h8-11,13,20H,1-7H3,(H,21,24). The molecular formula is C19H28N4O. The topological polar surface area (TPSA) is 59.0 Å². The van der Waals surface area contributed by atoms with Crippen molar-refractivity contribution in [3.8, 4) is 0 Å². The van der Waals surface area contributed by atoms with Gasteiger partial charge in [-0.3, -0.25) is 9.48 Å². The van der Waals surface area contributed by atoms with Crippen LogP contribution in [-0.2, 0) is 10.3 Å². The number of carbonyl (C=O) groups is 1. The van der Waals surface area contributed by atoms with Gasteiger partial charge < -0.3 is 10.6 Å². The van der Waals surface area contributed by atoms with Crippen LogP contribution in [0.4, 0.5) is 11.4 Å². The summed E-state index contributed by atoms with van der Waals surface area (Å²) in [5.41, 5.74) is 5.01. The van der Waals surface area contributed by atoms with Gasteiger partial charge in [0.2, 0.25) is 5.91 Å². The second-order valence-corrected chi connectivity index (χ2v) is 7.36. The van der Waals surface area contributed by atoms with Gasteiger partial charge in [0, 0.05) is 30.1 Å². The Kier molecular flexibility index (Phi) is 5.02. The zero-order chi connectivity index (χ0) is 18.1. The van der Waals surface area contributed by atoms with Gasteiger partial charge in [-0.2, -0.15) is 5.10 Å². The third kappa shape index (κ3) is 4.16. The number of nitrogens with zero attached hydrogens (tertiary/aromatic N) is 2. The smallest absolute Gasteiger partial charge is 0.221 e. The molecular weight excluding hydrogens is 300 g/mol. The largest absolute Gasteiger partial charge is 0.378 e. The Morgan fingerprint density at radius 2 is 1.92 bits per heavy atom. The number of anilines is 2. The van der Waals surface area contributed by atoms with Crippen LogP contribution in [0.2, 0.25) is 0 Å². The van der Waals surface area contributed by atoms with Crippen molar-refractivity contribution in [3.63, 3.8) is 0 Å². The van der Waals surface area contributed by atoms with Gasteiger partial charge in [-0.05, 0) is 59.2 Å². The molecule has 0 aliphatic heterocycles. The molecule has 2 aromatic rings. The summed E-state index contributed by atoms with van der Waals surface area (Å²) in [6, 6.07) is 6.12. The Balaban J connectivity index is 2.22. The molecule has 5 heteroatoms. The van der Waals surface area contributed by atoms with Gasteiger partial charge >= 0.3 is 0 Å². The van der Waals surface area contributed by atoms with Crippen molar-refractivity contribution >= 4 is 17.3 Å². The molecule has 0 spiro atoms. The molecule has 0 radical (unpaired) electrons. The molecule has 24 heavy (non-hydrogen) atoms. The van der Waals surface area contributed by atoms with Crippen LogP contribution in [0.1, 0.15) is 57.5 Å². The summed E-state index contributed by atoms with van der Waals surface area (Å²) in [4.78, 5) is 11.3. The molecule has 1 aromatic carbocycles. The molecule has 0 bridgehead atoms. The van der Waals surface area contributed by atoms with Gasteiger partial charge in [0.25, 0.3) is 0 Å². The second-order valence-electron chi connectivity index (χ2n) is 7.36. The average Bonchev–Trinajstić information content (AvgIpc) is 2.84. The number of aromatic nitrogens is 2. The van der Waals surface area contributed by atoms with Crippen molar-refractivity contribution in [1.82, 2.24) is 9.78 Å². The van der Waals surface area contributed by atoms with Crippen molar-refractivity contribution in [2.24, 2.45) is 0 Å². The first kappa shape index (κ1) is 18.0. The molecule has 0 fully saturated rings. The monoisotopic (exact) mass is 328 g/mol. The summed E-state index contributed by atoms with van der Waals surface area (Å²) in [6.07, 6.45) is 2.11. The van der Waals surface area contributed by atoms with E-state index in [-0.39, 0.29) is 17.5 Å². The number of hydrogen-bond donors (Lipinski definition) is 2. The summed E-state index contributed by atoms with van der Waals surface area (Å²) in [5, 5.41) is 11.0. The summed E-state index contributed by atoms with van der Waals surface area (Å²) in [5.74, 6) is -0.0643. The van der Waals surface area contributed by atoms with Crippen molar-refractivity contribution < 1.29 is 4.79 Å². The number of rotatable bonds is 4. The first-order valence-corrected chi connectivity index (χ1v) is 8.29. The minimum absolute atomic E-state index is 0.0365. The number of carbonyl (C=O) groups excluding carboxylic acids is 1. The van der Waals surface area contributed by atoms with E-state index in [1.807, 2.05) is 36.7 Å². The molecule has 0 saturated carbocycles. The van der Waals surface area contributed by atoms with Crippen molar-refractivity contribution in [2.45, 2.75) is 60.0 Å². The van der Waals surface area contributed by atoms with E-state index in [0.29, 0.717) is 0 Å².